The Bertz CT molecular complexity index is 333. The first kappa shape index (κ1) is 9.25. The van der Waals surface area contributed by atoms with Crippen LogP contribution in [0, 0.1) is 5.92 Å². The summed E-state index contributed by atoms with van der Waals surface area (Å²) < 4.78 is 0. The SMILES string of the molecule is O=C1C(Cl)=C(Cl)C1(O)C1C=CCC1. The zero-order valence-electron chi connectivity index (χ0n) is 6.76. The highest BCUT2D eigenvalue weighted by atomic mass is 35.5. The highest BCUT2D eigenvalue weighted by Crippen LogP contribution is 2.47. The van der Waals surface area contributed by atoms with E-state index < -0.39 is 11.4 Å². The van der Waals surface area contributed by atoms with Crippen LogP contribution in [-0.2, 0) is 4.79 Å². The molecule has 2 rings (SSSR count). The molecule has 1 N–H and O–H groups in total. The molecule has 0 aromatic rings. The minimum Gasteiger partial charge on any atom is -0.375 e. The monoisotopic (exact) mass is 218 g/mol. The van der Waals surface area contributed by atoms with Gasteiger partial charge in [0.1, 0.15) is 5.03 Å². The molecule has 13 heavy (non-hydrogen) atoms. The van der Waals surface area contributed by atoms with Crippen molar-refractivity contribution in [2.24, 2.45) is 5.92 Å². The largest absolute Gasteiger partial charge is 0.375 e. The van der Waals surface area contributed by atoms with Crippen molar-refractivity contribution >= 4 is 29.0 Å². The molecule has 0 aromatic heterocycles. The number of hydrogen-bond donors (Lipinski definition) is 1. The van der Waals surface area contributed by atoms with Crippen molar-refractivity contribution in [3.63, 3.8) is 0 Å². The first-order chi connectivity index (χ1) is 6.08. The van der Waals surface area contributed by atoms with Gasteiger partial charge < -0.3 is 5.11 Å². The van der Waals surface area contributed by atoms with Crippen LogP contribution in [0.5, 0.6) is 0 Å². The van der Waals surface area contributed by atoms with Crippen LogP contribution in [0.4, 0.5) is 0 Å². The number of carbonyl (C=O) groups excluding carboxylic acids is 1. The second-order valence-electron chi connectivity index (χ2n) is 3.34. The number of hydrogen-bond acceptors (Lipinski definition) is 2. The third kappa shape index (κ3) is 1.03. The summed E-state index contributed by atoms with van der Waals surface area (Å²) in [5, 5.41) is 10.0. The van der Waals surface area contributed by atoms with Crippen molar-refractivity contribution in [3.8, 4) is 0 Å². The summed E-state index contributed by atoms with van der Waals surface area (Å²) in [6.45, 7) is 0. The summed E-state index contributed by atoms with van der Waals surface area (Å²) in [5.74, 6) is -0.647. The number of ketones is 1. The van der Waals surface area contributed by atoms with Gasteiger partial charge in [0.2, 0.25) is 5.78 Å². The van der Waals surface area contributed by atoms with Gasteiger partial charge in [0, 0.05) is 5.92 Å². The van der Waals surface area contributed by atoms with Gasteiger partial charge >= 0.3 is 0 Å². The van der Waals surface area contributed by atoms with E-state index in [4.69, 9.17) is 23.2 Å². The van der Waals surface area contributed by atoms with Crippen LogP contribution in [0.25, 0.3) is 0 Å². The standard InChI is InChI=1S/C9H8Cl2O2/c10-6-7(11)9(13,8(6)12)5-3-1-2-4-5/h1,3,5,13H,2,4H2. The maximum Gasteiger partial charge on any atom is 0.213 e. The molecule has 0 saturated heterocycles. The van der Waals surface area contributed by atoms with E-state index in [0.717, 1.165) is 12.8 Å². The molecule has 0 radical (unpaired) electrons. The maximum atomic E-state index is 11.3. The predicted octanol–water partition coefficient (Wildman–Crippen LogP) is 1.96. The fourth-order valence-electron chi connectivity index (χ4n) is 1.78. The third-order valence-corrected chi connectivity index (χ3v) is 3.56. The highest BCUT2D eigenvalue weighted by molar-refractivity contribution is 6.55. The van der Waals surface area contributed by atoms with E-state index >= 15 is 0 Å². The molecule has 0 amide bonds. The molecule has 0 saturated carbocycles. The van der Waals surface area contributed by atoms with Crippen LogP contribution >= 0.6 is 23.2 Å². The molecule has 4 heteroatoms. The normalized spacial score (nSPS) is 38.4. The molecule has 2 nitrogen and oxygen atoms in total. The molecule has 2 unspecified atom stereocenters. The molecule has 0 aliphatic heterocycles. The zero-order valence-corrected chi connectivity index (χ0v) is 8.27. The van der Waals surface area contributed by atoms with Gasteiger partial charge in [-0.05, 0) is 12.8 Å². The van der Waals surface area contributed by atoms with E-state index in [2.05, 4.69) is 0 Å². The van der Waals surface area contributed by atoms with Crippen molar-refractivity contribution in [2.45, 2.75) is 18.4 Å². The van der Waals surface area contributed by atoms with Crippen molar-refractivity contribution in [1.29, 1.82) is 0 Å². The van der Waals surface area contributed by atoms with E-state index in [9.17, 15) is 9.90 Å². The molecule has 2 aliphatic carbocycles. The molecule has 0 bridgehead atoms. The smallest absolute Gasteiger partial charge is 0.213 e. The fraction of sp³-hybridized carbons (Fsp3) is 0.444. The lowest BCUT2D eigenvalue weighted by Gasteiger charge is -2.38. The Labute approximate surface area is 85.8 Å². The summed E-state index contributed by atoms with van der Waals surface area (Å²) >= 11 is 11.3. The fourth-order valence-corrected chi connectivity index (χ4v) is 2.38. The Hall–Kier alpha value is -0.310. The second-order valence-corrected chi connectivity index (χ2v) is 4.09. The topological polar surface area (TPSA) is 37.3 Å². The first-order valence-electron chi connectivity index (χ1n) is 4.08. The average molecular weight is 219 g/mol. The minimum atomic E-state index is -1.52. The lowest BCUT2D eigenvalue weighted by Crippen LogP contribution is -2.52. The summed E-state index contributed by atoms with van der Waals surface area (Å²) in [4.78, 5) is 11.3. The number of aliphatic hydroxyl groups is 1. The number of allylic oxidation sites excluding steroid dienone is 1. The molecule has 2 aliphatic rings. The molecule has 0 spiro atoms. The number of halogens is 2. The van der Waals surface area contributed by atoms with Gasteiger partial charge in [0.05, 0.1) is 5.03 Å². The number of carbonyl (C=O) groups is 1. The van der Waals surface area contributed by atoms with Gasteiger partial charge in [-0.25, -0.2) is 0 Å². The highest BCUT2D eigenvalue weighted by Gasteiger charge is 2.56. The van der Waals surface area contributed by atoms with Crippen LogP contribution in [0.3, 0.4) is 0 Å². The van der Waals surface area contributed by atoms with E-state index in [-0.39, 0.29) is 16.0 Å². The van der Waals surface area contributed by atoms with Crippen LogP contribution in [0.1, 0.15) is 12.8 Å². The zero-order chi connectivity index (χ0) is 9.64. The van der Waals surface area contributed by atoms with Gasteiger partial charge in [0.15, 0.2) is 5.60 Å². The summed E-state index contributed by atoms with van der Waals surface area (Å²) in [6, 6.07) is 0. The lowest BCUT2D eigenvalue weighted by molar-refractivity contribution is -0.135. The number of Topliss-reactive ketones (excluding diaryl/α,β-unsaturated/α-hetero) is 1. The van der Waals surface area contributed by atoms with Crippen LogP contribution in [0.2, 0.25) is 0 Å². The van der Waals surface area contributed by atoms with Gasteiger partial charge in [-0.2, -0.15) is 0 Å². The first-order valence-corrected chi connectivity index (χ1v) is 4.83. The molecule has 0 fully saturated rings. The van der Waals surface area contributed by atoms with Crippen molar-refractivity contribution in [3.05, 3.63) is 22.2 Å². The quantitative estimate of drug-likeness (QED) is 0.684. The maximum absolute atomic E-state index is 11.3. The van der Waals surface area contributed by atoms with E-state index in [1.165, 1.54) is 0 Å². The molecule has 70 valence electrons. The Balaban J connectivity index is 2.34. The minimum absolute atomic E-state index is 0.0236. The second kappa shape index (κ2) is 2.84. The van der Waals surface area contributed by atoms with Crippen LogP contribution in [-0.4, -0.2) is 16.5 Å². The van der Waals surface area contributed by atoms with Crippen molar-refractivity contribution < 1.29 is 9.90 Å². The summed E-state index contributed by atoms with van der Waals surface area (Å²) in [6.07, 6.45) is 5.39. The molecular formula is C9H8Cl2O2. The number of rotatable bonds is 1. The molecule has 2 atom stereocenters. The summed E-state index contributed by atoms with van der Waals surface area (Å²) in [5.41, 5.74) is -1.52. The Morgan fingerprint density at radius 1 is 1.54 bits per heavy atom. The molecule has 0 heterocycles. The van der Waals surface area contributed by atoms with Gasteiger partial charge in [-0.15, -0.1) is 0 Å². The third-order valence-electron chi connectivity index (χ3n) is 2.62. The Kier molecular flexibility index (Phi) is 2.02. The van der Waals surface area contributed by atoms with Crippen molar-refractivity contribution in [2.75, 3.05) is 0 Å². The van der Waals surface area contributed by atoms with E-state index in [0.29, 0.717) is 0 Å². The predicted molar refractivity (Wildman–Crippen MR) is 50.6 cm³/mol. The van der Waals surface area contributed by atoms with Gasteiger partial charge in [0.25, 0.3) is 0 Å². The lowest BCUT2D eigenvalue weighted by atomic mass is 9.75. The molecule has 0 aromatic carbocycles. The van der Waals surface area contributed by atoms with Crippen LogP contribution in [0.15, 0.2) is 22.2 Å². The Morgan fingerprint density at radius 2 is 2.23 bits per heavy atom. The average Bonchev–Trinajstić information content (AvgIpc) is 2.67. The molecular weight excluding hydrogens is 211 g/mol. The Morgan fingerprint density at radius 3 is 2.69 bits per heavy atom. The van der Waals surface area contributed by atoms with E-state index in [1.807, 2.05) is 12.2 Å². The van der Waals surface area contributed by atoms with Crippen LogP contribution < -0.4 is 0 Å². The van der Waals surface area contributed by atoms with Gasteiger partial charge in [-0.3, -0.25) is 4.79 Å². The van der Waals surface area contributed by atoms with Crippen molar-refractivity contribution in [1.82, 2.24) is 0 Å². The van der Waals surface area contributed by atoms with Gasteiger partial charge in [-0.1, -0.05) is 35.4 Å². The van der Waals surface area contributed by atoms with E-state index in [1.54, 1.807) is 0 Å². The summed E-state index contributed by atoms with van der Waals surface area (Å²) in [7, 11) is 0.